The highest BCUT2D eigenvalue weighted by Gasteiger charge is 2.11. The molecule has 1 heteroatoms. The molecule has 0 saturated carbocycles. The second kappa shape index (κ2) is 1.87. The molecule has 0 fully saturated rings. The van der Waals surface area contributed by atoms with Gasteiger partial charge >= 0.3 is 0 Å². The van der Waals surface area contributed by atoms with Gasteiger partial charge in [-0.3, -0.25) is 0 Å². The third kappa shape index (κ3) is 0.637. The highest BCUT2D eigenvalue weighted by molar-refractivity contribution is 5.57. The van der Waals surface area contributed by atoms with E-state index in [1.807, 2.05) is 18.2 Å². The summed E-state index contributed by atoms with van der Waals surface area (Å²) in [6.07, 6.45) is 10.8. The topological polar surface area (TPSA) is 20.2 Å². The first-order valence-corrected chi connectivity index (χ1v) is 3.36. The number of allylic oxidation sites excluding steroid dienone is 7. The molecule has 0 radical (unpaired) electrons. The molecule has 2 aliphatic carbocycles. The highest BCUT2D eigenvalue weighted by atomic mass is 16.3. The van der Waals surface area contributed by atoms with Crippen molar-refractivity contribution < 1.29 is 5.11 Å². The monoisotopic (exact) mass is 132 g/mol. The van der Waals surface area contributed by atoms with Crippen LogP contribution in [0.4, 0.5) is 0 Å². The molecule has 50 valence electrons. The molecule has 2 rings (SSSR count). The zero-order valence-electron chi connectivity index (χ0n) is 5.54. The van der Waals surface area contributed by atoms with Gasteiger partial charge in [0.2, 0.25) is 0 Å². The normalized spacial score (nSPS) is 21.4. The first kappa shape index (κ1) is 5.54. The van der Waals surface area contributed by atoms with E-state index in [2.05, 4.69) is 6.08 Å². The lowest BCUT2D eigenvalue weighted by Gasteiger charge is -2.03. The maximum atomic E-state index is 9.23. The lowest BCUT2D eigenvalue weighted by Crippen LogP contribution is -1.86. The van der Waals surface area contributed by atoms with Crippen LogP contribution in [0.3, 0.4) is 0 Å². The summed E-state index contributed by atoms with van der Waals surface area (Å²) in [6, 6.07) is 0. The number of hydrogen-bond acceptors (Lipinski definition) is 1. The SMILES string of the molecule is OC1=C2C=CCC=C2C=C1. The van der Waals surface area contributed by atoms with Crippen LogP contribution in [-0.2, 0) is 0 Å². The molecule has 0 aliphatic heterocycles. The van der Waals surface area contributed by atoms with Gasteiger partial charge in [0.15, 0.2) is 0 Å². The van der Waals surface area contributed by atoms with E-state index in [1.165, 1.54) is 0 Å². The third-order valence-electron chi connectivity index (χ3n) is 1.77. The summed E-state index contributed by atoms with van der Waals surface area (Å²) >= 11 is 0. The quantitative estimate of drug-likeness (QED) is 0.536. The molecule has 0 aromatic carbocycles. The molecule has 0 unspecified atom stereocenters. The third-order valence-corrected chi connectivity index (χ3v) is 1.77. The summed E-state index contributed by atoms with van der Waals surface area (Å²) in [5.74, 6) is 0.391. The van der Waals surface area contributed by atoms with Gasteiger partial charge in [-0.1, -0.05) is 24.3 Å². The Balaban J connectivity index is 2.52. The average molecular weight is 132 g/mol. The van der Waals surface area contributed by atoms with Crippen molar-refractivity contribution in [2.24, 2.45) is 0 Å². The number of aliphatic hydroxyl groups is 1. The Kier molecular flexibility index (Phi) is 1.04. The summed E-state index contributed by atoms with van der Waals surface area (Å²) in [5.41, 5.74) is 2.12. The van der Waals surface area contributed by atoms with E-state index in [0.29, 0.717) is 5.76 Å². The molecule has 0 aromatic heterocycles. The van der Waals surface area contributed by atoms with E-state index in [-0.39, 0.29) is 0 Å². The van der Waals surface area contributed by atoms with Crippen molar-refractivity contribution in [1.29, 1.82) is 0 Å². The van der Waals surface area contributed by atoms with Gasteiger partial charge in [-0.25, -0.2) is 0 Å². The summed E-state index contributed by atoms with van der Waals surface area (Å²) in [4.78, 5) is 0. The molecule has 0 amide bonds. The van der Waals surface area contributed by atoms with Crippen LogP contribution in [0.5, 0.6) is 0 Å². The summed E-state index contributed by atoms with van der Waals surface area (Å²) in [5, 5.41) is 9.23. The molecule has 0 heterocycles. The van der Waals surface area contributed by atoms with E-state index >= 15 is 0 Å². The fraction of sp³-hybridized carbons (Fsp3) is 0.111. The van der Waals surface area contributed by atoms with Crippen molar-refractivity contribution in [2.75, 3.05) is 0 Å². The Morgan fingerprint density at radius 3 is 2.90 bits per heavy atom. The molecule has 1 nitrogen and oxygen atoms in total. The Bertz CT molecular complexity index is 277. The first-order valence-electron chi connectivity index (χ1n) is 3.36. The van der Waals surface area contributed by atoms with Gasteiger partial charge < -0.3 is 5.11 Å². The van der Waals surface area contributed by atoms with E-state index in [9.17, 15) is 5.11 Å². The number of aliphatic hydroxyl groups excluding tert-OH is 1. The van der Waals surface area contributed by atoms with Crippen LogP contribution in [0.25, 0.3) is 0 Å². The fourth-order valence-electron chi connectivity index (χ4n) is 1.24. The first-order chi connectivity index (χ1) is 4.88. The fourth-order valence-corrected chi connectivity index (χ4v) is 1.24. The maximum absolute atomic E-state index is 9.23. The van der Waals surface area contributed by atoms with E-state index < -0.39 is 0 Å². The Morgan fingerprint density at radius 1 is 1.20 bits per heavy atom. The molecule has 10 heavy (non-hydrogen) atoms. The van der Waals surface area contributed by atoms with Gasteiger partial charge in [-0.05, 0) is 18.1 Å². The minimum Gasteiger partial charge on any atom is -0.507 e. The summed E-state index contributed by atoms with van der Waals surface area (Å²) in [6.45, 7) is 0. The molecule has 2 aliphatic rings. The van der Waals surface area contributed by atoms with E-state index in [0.717, 1.165) is 17.6 Å². The average Bonchev–Trinajstić information content (AvgIpc) is 2.34. The van der Waals surface area contributed by atoms with Crippen molar-refractivity contribution in [3.8, 4) is 0 Å². The van der Waals surface area contributed by atoms with Crippen LogP contribution in [0, 0.1) is 0 Å². The Labute approximate surface area is 59.7 Å². The lowest BCUT2D eigenvalue weighted by molar-refractivity contribution is 0.431. The molecular weight excluding hydrogens is 124 g/mol. The largest absolute Gasteiger partial charge is 0.507 e. The van der Waals surface area contributed by atoms with Crippen molar-refractivity contribution in [3.05, 3.63) is 47.3 Å². The van der Waals surface area contributed by atoms with Crippen LogP contribution < -0.4 is 0 Å². The van der Waals surface area contributed by atoms with E-state index in [4.69, 9.17) is 0 Å². The van der Waals surface area contributed by atoms with Crippen LogP contribution in [0.1, 0.15) is 6.42 Å². The number of hydrogen-bond donors (Lipinski definition) is 1. The van der Waals surface area contributed by atoms with Gasteiger partial charge in [-0.2, -0.15) is 0 Å². The number of fused-ring (bicyclic) bond motifs is 1. The van der Waals surface area contributed by atoms with Crippen molar-refractivity contribution in [1.82, 2.24) is 0 Å². The van der Waals surface area contributed by atoms with Crippen molar-refractivity contribution >= 4 is 0 Å². The summed E-state index contributed by atoms with van der Waals surface area (Å²) in [7, 11) is 0. The van der Waals surface area contributed by atoms with Crippen LogP contribution in [0.15, 0.2) is 47.3 Å². The van der Waals surface area contributed by atoms with Crippen molar-refractivity contribution in [3.63, 3.8) is 0 Å². The maximum Gasteiger partial charge on any atom is 0.123 e. The zero-order chi connectivity index (χ0) is 6.97. The minimum absolute atomic E-state index is 0.391. The predicted molar refractivity (Wildman–Crippen MR) is 40.6 cm³/mol. The Morgan fingerprint density at radius 2 is 2.10 bits per heavy atom. The molecule has 1 N–H and O–H groups in total. The molecule has 0 saturated heterocycles. The second-order valence-electron chi connectivity index (χ2n) is 2.43. The highest BCUT2D eigenvalue weighted by Crippen LogP contribution is 2.27. The van der Waals surface area contributed by atoms with Gasteiger partial charge in [0.25, 0.3) is 0 Å². The smallest absolute Gasteiger partial charge is 0.123 e. The molecule has 0 aromatic rings. The summed E-state index contributed by atoms with van der Waals surface area (Å²) < 4.78 is 0. The molecule has 0 bridgehead atoms. The second-order valence-corrected chi connectivity index (χ2v) is 2.43. The van der Waals surface area contributed by atoms with E-state index in [1.54, 1.807) is 6.08 Å². The number of rotatable bonds is 0. The predicted octanol–water partition coefficient (Wildman–Crippen LogP) is 2.25. The van der Waals surface area contributed by atoms with Gasteiger partial charge in [-0.15, -0.1) is 0 Å². The van der Waals surface area contributed by atoms with Gasteiger partial charge in [0, 0.05) is 5.57 Å². The van der Waals surface area contributed by atoms with Crippen LogP contribution >= 0.6 is 0 Å². The Hall–Kier alpha value is -1.24. The molecule has 0 atom stereocenters. The minimum atomic E-state index is 0.391. The van der Waals surface area contributed by atoms with Crippen molar-refractivity contribution in [2.45, 2.75) is 6.42 Å². The molecular formula is C9H8O. The standard InChI is InChI=1S/C9H8O/c10-9-6-5-7-3-1-2-4-8(7)9/h2-6,10H,1H2. The van der Waals surface area contributed by atoms with Crippen LogP contribution in [0.2, 0.25) is 0 Å². The van der Waals surface area contributed by atoms with Gasteiger partial charge in [0.05, 0.1) is 0 Å². The van der Waals surface area contributed by atoms with Crippen LogP contribution in [-0.4, -0.2) is 5.11 Å². The zero-order valence-corrected chi connectivity index (χ0v) is 5.54. The van der Waals surface area contributed by atoms with Gasteiger partial charge in [0.1, 0.15) is 5.76 Å². The lowest BCUT2D eigenvalue weighted by atomic mass is 10.0. The molecule has 0 spiro atoms.